The molecule has 1 atom stereocenters. The second kappa shape index (κ2) is 6.42. The average molecular weight is 307 g/mol. The highest BCUT2D eigenvalue weighted by Crippen LogP contribution is 2.30. The standard InChI is InChI=1S/C12H13F4N3O2/c1-6(4-10(17)19-21)18-11(20)8-5-7(12(14,15)16)2-3-9(8)13/h2-3,5-6,21H,4H2,1H3,(H2,17,19)(H,18,20). The summed E-state index contributed by atoms with van der Waals surface area (Å²) in [6.45, 7) is 1.47. The van der Waals surface area contributed by atoms with E-state index < -0.39 is 35.1 Å². The highest BCUT2D eigenvalue weighted by Gasteiger charge is 2.32. The van der Waals surface area contributed by atoms with Crippen molar-refractivity contribution in [3.8, 4) is 0 Å². The number of halogens is 4. The van der Waals surface area contributed by atoms with Gasteiger partial charge in [-0.15, -0.1) is 0 Å². The number of benzene rings is 1. The third-order valence-electron chi connectivity index (χ3n) is 2.56. The molecule has 0 aromatic heterocycles. The summed E-state index contributed by atoms with van der Waals surface area (Å²) >= 11 is 0. The number of nitrogens with zero attached hydrogens (tertiary/aromatic N) is 1. The number of oxime groups is 1. The van der Waals surface area contributed by atoms with Crippen LogP contribution in [0, 0.1) is 5.82 Å². The number of nitrogens with two attached hydrogens (primary N) is 1. The van der Waals surface area contributed by atoms with E-state index in [0.717, 1.165) is 0 Å². The summed E-state index contributed by atoms with van der Waals surface area (Å²) in [4.78, 5) is 11.8. The quantitative estimate of drug-likeness (QED) is 0.262. The number of amidine groups is 1. The minimum Gasteiger partial charge on any atom is -0.409 e. The maximum atomic E-state index is 13.5. The predicted octanol–water partition coefficient (Wildman–Crippen LogP) is 2.10. The van der Waals surface area contributed by atoms with Crippen LogP contribution in [0.5, 0.6) is 0 Å². The second-order valence-electron chi connectivity index (χ2n) is 4.36. The van der Waals surface area contributed by atoms with Crippen molar-refractivity contribution in [3.63, 3.8) is 0 Å². The molecule has 5 nitrogen and oxygen atoms in total. The first-order valence-corrected chi connectivity index (χ1v) is 5.79. The Hall–Kier alpha value is -2.32. The molecule has 0 radical (unpaired) electrons. The molecule has 0 fully saturated rings. The van der Waals surface area contributed by atoms with E-state index in [4.69, 9.17) is 10.9 Å². The molecule has 9 heteroatoms. The summed E-state index contributed by atoms with van der Waals surface area (Å²) < 4.78 is 51.1. The molecule has 0 aliphatic rings. The van der Waals surface area contributed by atoms with Crippen molar-refractivity contribution in [2.45, 2.75) is 25.6 Å². The average Bonchev–Trinajstić information content (AvgIpc) is 2.37. The van der Waals surface area contributed by atoms with Crippen LogP contribution >= 0.6 is 0 Å². The van der Waals surface area contributed by atoms with Crippen LogP contribution in [0.15, 0.2) is 23.4 Å². The van der Waals surface area contributed by atoms with Gasteiger partial charge in [-0.3, -0.25) is 4.79 Å². The molecule has 1 aromatic rings. The second-order valence-corrected chi connectivity index (χ2v) is 4.36. The number of hydrogen-bond acceptors (Lipinski definition) is 3. The van der Waals surface area contributed by atoms with Crippen LogP contribution in [-0.4, -0.2) is 23.0 Å². The molecule has 0 heterocycles. The zero-order valence-electron chi connectivity index (χ0n) is 10.9. The van der Waals surface area contributed by atoms with Crippen molar-refractivity contribution in [2.75, 3.05) is 0 Å². The Morgan fingerprint density at radius 1 is 1.48 bits per heavy atom. The molecule has 1 amide bonds. The van der Waals surface area contributed by atoms with Gasteiger partial charge in [-0.2, -0.15) is 13.2 Å². The van der Waals surface area contributed by atoms with Gasteiger partial charge in [0.15, 0.2) is 0 Å². The van der Waals surface area contributed by atoms with Gasteiger partial charge in [-0.25, -0.2) is 4.39 Å². The lowest BCUT2D eigenvalue weighted by atomic mass is 10.1. The van der Waals surface area contributed by atoms with E-state index in [-0.39, 0.29) is 12.3 Å². The number of alkyl halides is 3. The first kappa shape index (κ1) is 16.7. The van der Waals surface area contributed by atoms with Gasteiger partial charge in [0.25, 0.3) is 5.91 Å². The van der Waals surface area contributed by atoms with Gasteiger partial charge in [0, 0.05) is 12.5 Å². The van der Waals surface area contributed by atoms with Crippen LogP contribution in [0.1, 0.15) is 29.3 Å². The molecule has 1 rings (SSSR count). The topological polar surface area (TPSA) is 87.7 Å². The molecular weight excluding hydrogens is 294 g/mol. The van der Waals surface area contributed by atoms with E-state index in [1.54, 1.807) is 0 Å². The van der Waals surface area contributed by atoms with Gasteiger partial charge >= 0.3 is 6.18 Å². The molecule has 0 bridgehead atoms. The fourth-order valence-electron chi connectivity index (χ4n) is 1.58. The highest BCUT2D eigenvalue weighted by atomic mass is 19.4. The summed E-state index contributed by atoms with van der Waals surface area (Å²) in [6.07, 6.45) is -4.72. The largest absolute Gasteiger partial charge is 0.416 e. The molecule has 1 aromatic carbocycles. The first-order chi connectivity index (χ1) is 9.65. The Morgan fingerprint density at radius 3 is 2.62 bits per heavy atom. The van der Waals surface area contributed by atoms with Gasteiger partial charge < -0.3 is 16.3 Å². The van der Waals surface area contributed by atoms with E-state index in [2.05, 4.69) is 10.5 Å². The van der Waals surface area contributed by atoms with Crippen molar-refractivity contribution in [1.29, 1.82) is 0 Å². The van der Waals surface area contributed by atoms with E-state index in [1.807, 2.05) is 0 Å². The van der Waals surface area contributed by atoms with Crippen LogP contribution in [0.4, 0.5) is 17.6 Å². The monoisotopic (exact) mass is 307 g/mol. The lowest BCUT2D eigenvalue weighted by Gasteiger charge is -2.14. The summed E-state index contributed by atoms with van der Waals surface area (Å²) in [7, 11) is 0. The first-order valence-electron chi connectivity index (χ1n) is 5.79. The van der Waals surface area contributed by atoms with Crippen molar-refractivity contribution in [3.05, 3.63) is 35.1 Å². The van der Waals surface area contributed by atoms with E-state index in [9.17, 15) is 22.4 Å². The minimum atomic E-state index is -4.68. The van der Waals surface area contributed by atoms with Crippen molar-refractivity contribution >= 4 is 11.7 Å². The fourth-order valence-corrected chi connectivity index (χ4v) is 1.58. The molecule has 0 aliphatic heterocycles. The summed E-state index contributed by atoms with van der Waals surface area (Å²) in [5.41, 5.74) is 3.37. The lowest BCUT2D eigenvalue weighted by molar-refractivity contribution is -0.137. The SMILES string of the molecule is CC(C/C(N)=N/O)NC(=O)c1cc(C(F)(F)F)ccc1F. The molecule has 21 heavy (non-hydrogen) atoms. The Kier molecular flexibility index (Phi) is 5.12. The van der Waals surface area contributed by atoms with Gasteiger partial charge in [0.2, 0.25) is 0 Å². The van der Waals surface area contributed by atoms with Crippen molar-refractivity contribution in [2.24, 2.45) is 10.9 Å². The minimum absolute atomic E-state index is 0.0389. The van der Waals surface area contributed by atoms with Crippen molar-refractivity contribution < 1.29 is 27.6 Å². The maximum Gasteiger partial charge on any atom is 0.416 e. The Bertz CT molecular complexity index is 558. The van der Waals surface area contributed by atoms with Crippen LogP contribution in [-0.2, 0) is 6.18 Å². The van der Waals surface area contributed by atoms with Gasteiger partial charge in [-0.1, -0.05) is 5.16 Å². The van der Waals surface area contributed by atoms with Crippen LogP contribution in [0.3, 0.4) is 0 Å². The number of rotatable bonds is 4. The van der Waals surface area contributed by atoms with E-state index in [0.29, 0.717) is 18.2 Å². The molecule has 4 N–H and O–H groups in total. The Labute approximate surface area is 117 Å². The molecule has 1 unspecified atom stereocenters. The third-order valence-corrected chi connectivity index (χ3v) is 2.56. The number of carbonyl (C=O) groups is 1. The number of carbonyl (C=O) groups excluding carboxylic acids is 1. The Morgan fingerprint density at radius 2 is 2.10 bits per heavy atom. The molecule has 116 valence electrons. The van der Waals surface area contributed by atoms with Crippen LogP contribution < -0.4 is 11.1 Å². The van der Waals surface area contributed by atoms with Crippen LogP contribution in [0.2, 0.25) is 0 Å². The molecule has 0 saturated heterocycles. The van der Waals surface area contributed by atoms with Crippen LogP contribution in [0.25, 0.3) is 0 Å². The van der Waals surface area contributed by atoms with Gasteiger partial charge in [0.05, 0.1) is 11.1 Å². The molecule has 0 spiro atoms. The highest BCUT2D eigenvalue weighted by molar-refractivity contribution is 5.95. The smallest absolute Gasteiger partial charge is 0.409 e. The lowest BCUT2D eigenvalue weighted by Crippen LogP contribution is -2.36. The summed E-state index contributed by atoms with van der Waals surface area (Å²) in [5.74, 6) is -2.26. The van der Waals surface area contributed by atoms with E-state index in [1.165, 1.54) is 6.92 Å². The normalized spacial score (nSPS) is 13.9. The summed E-state index contributed by atoms with van der Waals surface area (Å²) in [6, 6.07) is 0.904. The molecule has 0 saturated carbocycles. The molecule has 0 aliphatic carbocycles. The predicted molar refractivity (Wildman–Crippen MR) is 66.4 cm³/mol. The maximum absolute atomic E-state index is 13.5. The van der Waals surface area contributed by atoms with E-state index >= 15 is 0 Å². The number of hydrogen-bond donors (Lipinski definition) is 3. The fraction of sp³-hybridized carbons (Fsp3) is 0.333. The third kappa shape index (κ3) is 4.62. The zero-order chi connectivity index (χ0) is 16.2. The number of nitrogens with one attached hydrogen (secondary N) is 1. The zero-order valence-corrected chi connectivity index (χ0v) is 10.9. The summed E-state index contributed by atoms with van der Waals surface area (Å²) in [5, 5.41) is 13.3. The van der Waals surface area contributed by atoms with Gasteiger partial charge in [0.1, 0.15) is 11.7 Å². The molecular formula is C12H13F4N3O2. The number of amides is 1. The van der Waals surface area contributed by atoms with Crippen molar-refractivity contribution in [1.82, 2.24) is 5.32 Å². The van der Waals surface area contributed by atoms with Gasteiger partial charge in [-0.05, 0) is 25.1 Å². The Balaban J connectivity index is 2.92.